The molecule has 0 aliphatic rings. The SMILES string of the molecule is CN(C)CCCN(C)S(=O)(=O)c1ccc(Cl)c(CCl)c1. The minimum Gasteiger partial charge on any atom is -0.309 e. The van der Waals surface area contributed by atoms with Crippen LogP contribution in [0, 0.1) is 0 Å². The predicted octanol–water partition coefficient (Wildman–Crippen LogP) is 2.65. The van der Waals surface area contributed by atoms with Crippen LogP contribution in [0.25, 0.3) is 0 Å². The van der Waals surface area contributed by atoms with Gasteiger partial charge in [0.1, 0.15) is 0 Å². The third kappa shape index (κ3) is 4.60. The van der Waals surface area contributed by atoms with Gasteiger partial charge in [-0.05, 0) is 50.8 Å². The predicted molar refractivity (Wildman–Crippen MR) is 84.0 cm³/mol. The van der Waals surface area contributed by atoms with Gasteiger partial charge >= 0.3 is 0 Å². The van der Waals surface area contributed by atoms with Crippen molar-refractivity contribution in [2.75, 3.05) is 34.2 Å². The van der Waals surface area contributed by atoms with E-state index in [0.717, 1.165) is 13.0 Å². The van der Waals surface area contributed by atoms with Crippen molar-refractivity contribution in [3.63, 3.8) is 0 Å². The summed E-state index contributed by atoms with van der Waals surface area (Å²) in [5, 5.41) is 0.481. The normalized spacial score (nSPS) is 12.3. The van der Waals surface area contributed by atoms with Crippen LogP contribution in [0.2, 0.25) is 5.02 Å². The average molecular weight is 339 g/mol. The van der Waals surface area contributed by atoms with E-state index in [4.69, 9.17) is 23.2 Å². The third-order valence-corrected chi connectivity index (χ3v) is 5.46. The van der Waals surface area contributed by atoms with Gasteiger partial charge in [-0.15, -0.1) is 11.6 Å². The number of halogens is 2. The Balaban J connectivity index is 2.87. The Hall–Kier alpha value is -0.330. The van der Waals surface area contributed by atoms with Crippen molar-refractivity contribution < 1.29 is 8.42 Å². The molecule has 0 amide bonds. The first kappa shape index (κ1) is 17.7. The lowest BCUT2D eigenvalue weighted by Gasteiger charge is -2.19. The highest BCUT2D eigenvalue weighted by molar-refractivity contribution is 7.89. The molecule has 0 aliphatic carbocycles. The standard InChI is InChI=1S/C13H20Cl2N2O2S/c1-16(2)7-4-8-17(3)20(18,19)12-5-6-13(15)11(9-12)10-14/h5-6,9H,4,7-8,10H2,1-3H3. The molecule has 0 atom stereocenters. The Morgan fingerprint density at radius 1 is 1.15 bits per heavy atom. The molecule has 0 heterocycles. The van der Waals surface area contributed by atoms with Crippen LogP contribution < -0.4 is 0 Å². The molecule has 0 fully saturated rings. The fourth-order valence-electron chi connectivity index (χ4n) is 1.72. The van der Waals surface area contributed by atoms with Gasteiger partial charge in [0, 0.05) is 24.5 Å². The van der Waals surface area contributed by atoms with Crippen LogP contribution in [0.5, 0.6) is 0 Å². The molecule has 114 valence electrons. The molecular weight excluding hydrogens is 319 g/mol. The number of sulfonamides is 1. The van der Waals surface area contributed by atoms with Gasteiger partial charge in [-0.1, -0.05) is 11.6 Å². The summed E-state index contributed by atoms with van der Waals surface area (Å²) in [5.41, 5.74) is 0.621. The second-order valence-corrected chi connectivity index (χ2v) is 7.59. The van der Waals surface area contributed by atoms with Gasteiger partial charge in [-0.2, -0.15) is 0 Å². The molecule has 20 heavy (non-hydrogen) atoms. The maximum absolute atomic E-state index is 12.4. The summed E-state index contributed by atoms with van der Waals surface area (Å²) >= 11 is 11.7. The van der Waals surface area contributed by atoms with Crippen molar-refractivity contribution in [3.05, 3.63) is 28.8 Å². The van der Waals surface area contributed by atoms with E-state index in [0.29, 0.717) is 17.1 Å². The molecule has 0 unspecified atom stereocenters. The largest absolute Gasteiger partial charge is 0.309 e. The van der Waals surface area contributed by atoms with Crippen LogP contribution in [0.15, 0.2) is 23.1 Å². The van der Waals surface area contributed by atoms with Crippen molar-refractivity contribution in [2.45, 2.75) is 17.2 Å². The van der Waals surface area contributed by atoms with Crippen LogP contribution >= 0.6 is 23.2 Å². The van der Waals surface area contributed by atoms with Crippen molar-refractivity contribution >= 4 is 33.2 Å². The first-order valence-corrected chi connectivity index (χ1v) is 8.59. The van der Waals surface area contributed by atoms with Gasteiger partial charge in [-0.3, -0.25) is 0 Å². The van der Waals surface area contributed by atoms with E-state index in [1.807, 2.05) is 19.0 Å². The van der Waals surface area contributed by atoms with E-state index < -0.39 is 10.0 Å². The van der Waals surface area contributed by atoms with Crippen LogP contribution in [0.1, 0.15) is 12.0 Å². The molecule has 0 N–H and O–H groups in total. The number of hydrogen-bond acceptors (Lipinski definition) is 3. The Morgan fingerprint density at radius 2 is 1.80 bits per heavy atom. The van der Waals surface area contributed by atoms with Gasteiger partial charge in [0.25, 0.3) is 0 Å². The van der Waals surface area contributed by atoms with Crippen molar-refractivity contribution in [3.8, 4) is 0 Å². The number of benzene rings is 1. The Bertz CT molecular complexity index is 547. The number of rotatable bonds is 7. The quantitative estimate of drug-likeness (QED) is 0.717. The minimum absolute atomic E-state index is 0.187. The molecule has 0 bridgehead atoms. The topological polar surface area (TPSA) is 40.6 Å². The summed E-state index contributed by atoms with van der Waals surface area (Å²) in [4.78, 5) is 2.25. The van der Waals surface area contributed by atoms with Crippen LogP contribution in [-0.4, -0.2) is 51.9 Å². The average Bonchev–Trinajstić information content (AvgIpc) is 2.38. The lowest BCUT2D eigenvalue weighted by Crippen LogP contribution is -2.30. The van der Waals surface area contributed by atoms with E-state index in [9.17, 15) is 8.42 Å². The highest BCUT2D eigenvalue weighted by Crippen LogP contribution is 2.23. The summed E-state index contributed by atoms with van der Waals surface area (Å²) < 4.78 is 26.2. The van der Waals surface area contributed by atoms with E-state index in [1.54, 1.807) is 13.1 Å². The molecule has 1 aromatic rings. The van der Waals surface area contributed by atoms with Crippen LogP contribution in [0.4, 0.5) is 0 Å². The Labute approximate surface area is 131 Å². The number of alkyl halides is 1. The Morgan fingerprint density at radius 3 is 2.35 bits per heavy atom. The van der Waals surface area contributed by atoms with Crippen molar-refractivity contribution in [1.82, 2.24) is 9.21 Å². The zero-order chi connectivity index (χ0) is 15.3. The fraction of sp³-hybridized carbons (Fsp3) is 0.538. The smallest absolute Gasteiger partial charge is 0.242 e. The van der Waals surface area contributed by atoms with Gasteiger partial charge in [-0.25, -0.2) is 12.7 Å². The first-order valence-electron chi connectivity index (χ1n) is 6.24. The minimum atomic E-state index is -3.49. The first-order chi connectivity index (χ1) is 9.28. The molecule has 1 aromatic carbocycles. The van der Waals surface area contributed by atoms with Crippen molar-refractivity contribution in [1.29, 1.82) is 0 Å². The summed E-state index contributed by atoms with van der Waals surface area (Å²) in [6.07, 6.45) is 0.776. The van der Waals surface area contributed by atoms with E-state index in [1.165, 1.54) is 16.4 Å². The third-order valence-electron chi connectivity index (χ3n) is 2.95. The van der Waals surface area contributed by atoms with Crippen molar-refractivity contribution in [2.24, 2.45) is 0 Å². The molecular formula is C13H20Cl2N2O2S. The van der Waals surface area contributed by atoms with E-state index >= 15 is 0 Å². The Kier molecular flexibility index (Phi) is 6.75. The highest BCUT2D eigenvalue weighted by Gasteiger charge is 2.21. The lowest BCUT2D eigenvalue weighted by molar-refractivity contribution is 0.370. The molecule has 0 aromatic heterocycles. The molecule has 1 rings (SSSR count). The zero-order valence-corrected chi connectivity index (χ0v) is 14.3. The molecule has 0 saturated heterocycles. The molecule has 0 saturated carbocycles. The van der Waals surface area contributed by atoms with E-state index in [-0.39, 0.29) is 10.8 Å². The van der Waals surface area contributed by atoms with Crippen LogP contribution in [-0.2, 0) is 15.9 Å². The fourth-order valence-corrected chi connectivity index (χ4v) is 3.46. The summed E-state index contributed by atoms with van der Waals surface area (Å²) in [7, 11) is 2.01. The maximum Gasteiger partial charge on any atom is 0.242 e. The second kappa shape index (κ2) is 7.61. The highest BCUT2D eigenvalue weighted by atomic mass is 35.5. The monoisotopic (exact) mass is 338 g/mol. The zero-order valence-electron chi connectivity index (χ0n) is 11.9. The maximum atomic E-state index is 12.4. The molecule has 4 nitrogen and oxygen atoms in total. The van der Waals surface area contributed by atoms with Crippen LogP contribution in [0.3, 0.4) is 0 Å². The lowest BCUT2D eigenvalue weighted by atomic mass is 10.2. The summed E-state index contributed by atoms with van der Waals surface area (Å²) in [5.74, 6) is 0.187. The summed E-state index contributed by atoms with van der Waals surface area (Å²) in [6.45, 7) is 1.31. The summed E-state index contributed by atoms with van der Waals surface area (Å²) in [6, 6.07) is 4.61. The number of hydrogen-bond donors (Lipinski definition) is 0. The van der Waals surface area contributed by atoms with Gasteiger partial charge in [0.05, 0.1) is 4.90 Å². The second-order valence-electron chi connectivity index (χ2n) is 4.87. The van der Waals surface area contributed by atoms with Gasteiger partial charge in [0.15, 0.2) is 0 Å². The molecule has 7 heteroatoms. The van der Waals surface area contributed by atoms with E-state index in [2.05, 4.69) is 0 Å². The van der Waals surface area contributed by atoms with Gasteiger partial charge in [0.2, 0.25) is 10.0 Å². The van der Waals surface area contributed by atoms with Gasteiger partial charge < -0.3 is 4.90 Å². The molecule has 0 radical (unpaired) electrons. The number of nitrogens with zero attached hydrogens (tertiary/aromatic N) is 2. The molecule has 0 aliphatic heterocycles. The molecule has 0 spiro atoms.